The molecule has 3 heteroatoms. The van der Waals surface area contributed by atoms with Crippen molar-refractivity contribution in [3.05, 3.63) is 224 Å². The molecule has 0 fully saturated rings. The van der Waals surface area contributed by atoms with Crippen LogP contribution in [0.1, 0.15) is 0 Å². The number of fused-ring (bicyclic) bond motifs is 7. The first-order valence-electron chi connectivity index (χ1n) is 20.7. The minimum atomic E-state index is 0.856. The Hall–Kier alpha value is -7.72. The predicted molar refractivity (Wildman–Crippen MR) is 261 cm³/mol. The van der Waals surface area contributed by atoms with Crippen LogP contribution in [0.15, 0.2) is 229 Å². The van der Waals surface area contributed by atoms with E-state index in [1.54, 1.807) is 0 Å². The van der Waals surface area contributed by atoms with Gasteiger partial charge < -0.3 is 9.32 Å². The standard InChI is InChI=1S/C58H37NOS/c1-4-13-38(14-5-1)43-25-30-50-51-32-29-46(37-55(51)60-54(50)35-43)59(45-27-23-42(24-28-45)48-22-12-20-40-19-10-11-21-47(40)48)53-34-33-49(41-17-8-3-9-18-41)58-57(53)52-31-26-44(36-56(52)61-58)39-15-6-2-7-16-39/h1-37H. The minimum absolute atomic E-state index is 0.856. The zero-order chi connectivity index (χ0) is 40.3. The first-order valence-corrected chi connectivity index (χ1v) is 21.6. The number of furan rings is 1. The highest BCUT2D eigenvalue weighted by molar-refractivity contribution is 7.26. The number of thiophene rings is 1. The van der Waals surface area contributed by atoms with Crippen LogP contribution in [0.4, 0.5) is 17.1 Å². The topological polar surface area (TPSA) is 16.4 Å². The first-order chi connectivity index (χ1) is 30.2. The predicted octanol–water partition coefficient (Wildman–Crippen LogP) is 17.2. The Morgan fingerprint density at radius 1 is 0.344 bits per heavy atom. The van der Waals surface area contributed by atoms with Gasteiger partial charge in [-0.05, 0) is 104 Å². The summed E-state index contributed by atoms with van der Waals surface area (Å²) >= 11 is 1.87. The van der Waals surface area contributed by atoms with Crippen molar-refractivity contribution in [3.8, 4) is 44.5 Å². The summed E-state index contributed by atoms with van der Waals surface area (Å²) in [5.41, 5.74) is 14.5. The van der Waals surface area contributed by atoms with Crippen LogP contribution in [-0.2, 0) is 0 Å². The Bertz CT molecular complexity index is 3560. The van der Waals surface area contributed by atoms with Gasteiger partial charge in [0.25, 0.3) is 0 Å². The molecule has 0 aliphatic rings. The van der Waals surface area contributed by atoms with Crippen molar-refractivity contribution in [1.82, 2.24) is 0 Å². The van der Waals surface area contributed by atoms with E-state index in [0.717, 1.165) is 44.6 Å². The third-order valence-electron chi connectivity index (χ3n) is 12.1. The maximum Gasteiger partial charge on any atom is 0.137 e. The van der Waals surface area contributed by atoms with Crippen molar-refractivity contribution in [2.45, 2.75) is 0 Å². The van der Waals surface area contributed by atoms with Crippen LogP contribution in [0.25, 0.3) is 97.4 Å². The van der Waals surface area contributed by atoms with Crippen molar-refractivity contribution < 1.29 is 4.42 Å². The smallest absolute Gasteiger partial charge is 0.137 e. The van der Waals surface area contributed by atoms with Crippen LogP contribution in [0, 0.1) is 0 Å². The van der Waals surface area contributed by atoms with Gasteiger partial charge in [-0.1, -0.05) is 170 Å². The third-order valence-corrected chi connectivity index (χ3v) is 13.3. The van der Waals surface area contributed by atoms with Gasteiger partial charge in [-0.3, -0.25) is 0 Å². The monoisotopic (exact) mass is 795 g/mol. The average Bonchev–Trinajstić information content (AvgIpc) is 3.90. The van der Waals surface area contributed by atoms with Crippen molar-refractivity contribution in [3.63, 3.8) is 0 Å². The Labute approximate surface area is 357 Å². The zero-order valence-electron chi connectivity index (χ0n) is 33.1. The summed E-state index contributed by atoms with van der Waals surface area (Å²) in [4.78, 5) is 2.42. The van der Waals surface area contributed by atoms with Crippen LogP contribution < -0.4 is 4.90 Å². The van der Waals surface area contributed by atoms with Crippen molar-refractivity contribution in [2.75, 3.05) is 4.90 Å². The van der Waals surface area contributed by atoms with Gasteiger partial charge in [-0.15, -0.1) is 11.3 Å². The first kappa shape index (κ1) is 35.2. The summed E-state index contributed by atoms with van der Waals surface area (Å²) in [6.07, 6.45) is 0. The zero-order valence-corrected chi connectivity index (χ0v) is 33.9. The molecule has 2 heterocycles. The Morgan fingerprint density at radius 2 is 0.902 bits per heavy atom. The van der Waals surface area contributed by atoms with Crippen molar-refractivity contribution in [2.24, 2.45) is 0 Å². The molecule has 61 heavy (non-hydrogen) atoms. The van der Waals surface area contributed by atoms with Gasteiger partial charge in [0.15, 0.2) is 0 Å². The number of rotatable bonds is 7. The molecule has 0 aliphatic heterocycles. The van der Waals surface area contributed by atoms with E-state index in [4.69, 9.17) is 4.42 Å². The number of anilines is 3. The summed E-state index contributed by atoms with van der Waals surface area (Å²) in [6, 6.07) is 81.1. The Morgan fingerprint density at radius 3 is 1.64 bits per heavy atom. The summed E-state index contributed by atoms with van der Waals surface area (Å²) in [5.74, 6) is 0. The van der Waals surface area contributed by atoms with E-state index < -0.39 is 0 Å². The highest BCUT2D eigenvalue weighted by atomic mass is 32.1. The fourth-order valence-corrected chi connectivity index (χ4v) is 10.4. The lowest BCUT2D eigenvalue weighted by atomic mass is 9.97. The minimum Gasteiger partial charge on any atom is -0.456 e. The number of nitrogens with zero attached hydrogens (tertiary/aromatic N) is 1. The quantitative estimate of drug-likeness (QED) is 0.160. The van der Waals surface area contributed by atoms with E-state index >= 15 is 0 Å². The lowest BCUT2D eigenvalue weighted by Crippen LogP contribution is -2.10. The molecular weight excluding hydrogens is 759 g/mol. The second-order valence-corrected chi connectivity index (χ2v) is 16.7. The fraction of sp³-hybridized carbons (Fsp3) is 0. The number of benzene rings is 10. The summed E-state index contributed by atoms with van der Waals surface area (Å²) < 4.78 is 9.27. The normalized spacial score (nSPS) is 11.6. The average molecular weight is 796 g/mol. The SMILES string of the molecule is c1ccc(-c2ccc3c(c2)oc2cc(N(c4ccc(-c5cccc6ccccc56)cc4)c4ccc(-c5ccccc5)c5sc6cc(-c7ccccc7)ccc6c45)ccc23)cc1. The lowest BCUT2D eigenvalue weighted by Gasteiger charge is -2.27. The lowest BCUT2D eigenvalue weighted by molar-refractivity contribution is 0.669. The van der Waals surface area contributed by atoms with E-state index in [2.05, 4.69) is 229 Å². The molecule has 0 spiro atoms. The molecule has 2 nitrogen and oxygen atoms in total. The van der Waals surface area contributed by atoms with Gasteiger partial charge >= 0.3 is 0 Å². The van der Waals surface area contributed by atoms with Crippen LogP contribution in [-0.4, -0.2) is 0 Å². The molecule has 0 N–H and O–H groups in total. The summed E-state index contributed by atoms with van der Waals surface area (Å²) in [5, 5.41) is 7.17. The molecule has 10 aromatic carbocycles. The van der Waals surface area contributed by atoms with E-state index in [1.807, 2.05) is 11.3 Å². The molecule has 0 atom stereocenters. The molecule has 0 aliphatic carbocycles. The Balaban J connectivity index is 1.08. The van der Waals surface area contributed by atoms with Crippen molar-refractivity contribution in [1.29, 1.82) is 0 Å². The van der Waals surface area contributed by atoms with Gasteiger partial charge in [0.05, 0.1) is 5.69 Å². The van der Waals surface area contributed by atoms with Crippen molar-refractivity contribution >= 4 is 81.3 Å². The van der Waals surface area contributed by atoms with E-state index in [0.29, 0.717) is 0 Å². The maximum atomic E-state index is 6.75. The molecule has 0 saturated carbocycles. The maximum absolute atomic E-state index is 6.75. The molecule has 0 saturated heterocycles. The largest absolute Gasteiger partial charge is 0.456 e. The second kappa shape index (κ2) is 14.5. The summed E-state index contributed by atoms with van der Waals surface area (Å²) in [7, 11) is 0. The van der Waals surface area contributed by atoms with Gasteiger partial charge in [-0.2, -0.15) is 0 Å². The van der Waals surface area contributed by atoms with Crippen LogP contribution in [0.3, 0.4) is 0 Å². The molecule has 12 aromatic rings. The van der Waals surface area contributed by atoms with E-state index in [1.165, 1.54) is 69.9 Å². The molecule has 0 radical (unpaired) electrons. The second-order valence-electron chi connectivity index (χ2n) is 15.6. The third kappa shape index (κ3) is 6.09. The molecule has 286 valence electrons. The number of hydrogen-bond donors (Lipinski definition) is 0. The van der Waals surface area contributed by atoms with Crippen LogP contribution in [0.5, 0.6) is 0 Å². The van der Waals surface area contributed by atoms with Gasteiger partial charge in [-0.25, -0.2) is 0 Å². The van der Waals surface area contributed by atoms with Crippen LogP contribution in [0.2, 0.25) is 0 Å². The highest BCUT2D eigenvalue weighted by Gasteiger charge is 2.23. The highest BCUT2D eigenvalue weighted by Crippen LogP contribution is 2.50. The van der Waals surface area contributed by atoms with E-state index in [9.17, 15) is 0 Å². The molecule has 12 rings (SSSR count). The molecule has 0 bridgehead atoms. The molecular formula is C58H37NOS. The van der Waals surface area contributed by atoms with Gasteiger partial charge in [0, 0.05) is 48.4 Å². The van der Waals surface area contributed by atoms with Gasteiger partial charge in [0.1, 0.15) is 11.2 Å². The summed E-state index contributed by atoms with van der Waals surface area (Å²) in [6.45, 7) is 0. The molecule has 2 aromatic heterocycles. The van der Waals surface area contributed by atoms with Gasteiger partial charge in [0.2, 0.25) is 0 Å². The molecule has 0 unspecified atom stereocenters. The number of hydrogen-bond acceptors (Lipinski definition) is 3. The van der Waals surface area contributed by atoms with E-state index in [-0.39, 0.29) is 0 Å². The van der Waals surface area contributed by atoms with Crippen LogP contribution >= 0.6 is 11.3 Å². The fourth-order valence-electron chi connectivity index (χ4n) is 9.11. The Kier molecular flexibility index (Phi) is 8.39. The molecule has 0 amide bonds.